The molecule has 2 aromatic carbocycles. The van der Waals surface area contributed by atoms with Gasteiger partial charge in [-0.3, -0.25) is 5.32 Å². The molecule has 3 rings (SSSR count). The molecule has 0 saturated heterocycles. The lowest BCUT2D eigenvalue weighted by atomic mass is 10.0. The Morgan fingerprint density at radius 3 is 2.03 bits per heavy atom. The number of alkyl halides is 6. The van der Waals surface area contributed by atoms with Crippen molar-refractivity contribution in [2.75, 3.05) is 16.4 Å². The number of hydrogen-bond donors (Lipinski definition) is 3. The van der Waals surface area contributed by atoms with E-state index in [9.17, 15) is 31.1 Å². The summed E-state index contributed by atoms with van der Waals surface area (Å²) in [5.74, 6) is 0.473. The number of nitrogens with two attached hydrogens (primary N) is 1. The van der Waals surface area contributed by atoms with Crippen molar-refractivity contribution >= 4 is 23.4 Å². The summed E-state index contributed by atoms with van der Waals surface area (Å²) in [4.78, 5) is 14.6. The van der Waals surface area contributed by atoms with Gasteiger partial charge in [0.2, 0.25) is 11.6 Å². The standard InChI is InChI=1S/C21H16F6N4O2.ClH/c22-20(23,24)13-8-12(9-14(10-13)21(25,26)27)11-29-17-7-6-16(18(28)31-17)30-19(32)33-15-4-2-1-3-5-15;/h1-10H,11H2,(H,30,32)(H3,28,29,31);1H. The van der Waals surface area contributed by atoms with Gasteiger partial charge in [-0.05, 0) is 42.0 Å². The molecule has 34 heavy (non-hydrogen) atoms. The van der Waals surface area contributed by atoms with Crippen LogP contribution < -0.4 is 38.5 Å². The Labute approximate surface area is 195 Å². The highest BCUT2D eigenvalue weighted by Crippen LogP contribution is 2.36. The minimum absolute atomic E-state index is 0. The zero-order valence-corrected chi connectivity index (χ0v) is 17.8. The van der Waals surface area contributed by atoms with Gasteiger partial charge in [0, 0.05) is 6.07 Å². The average Bonchev–Trinajstić information content (AvgIpc) is 2.73. The van der Waals surface area contributed by atoms with Gasteiger partial charge in [-0.15, -0.1) is 0 Å². The fourth-order valence-electron chi connectivity index (χ4n) is 2.77. The van der Waals surface area contributed by atoms with Gasteiger partial charge < -0.3 is 28.2 Å². The van der Waals surface area contributed by atoms with E-state index in [2.05, 4.69) is 15.6 Å². The molecule has 0 aliphatic rings. The Morgan fingerprint density at radius 2 is 1.50 bits per heavy atom. The molecule has 6 nitrogen and oxygen atoms in total. The van der Waals surface area contributed by atoms with Crippen molar-refractivity contribution in [2.45, 2.75) is 18.9 Å². The summed E-state index contributed by atoms with van der Waals surface area (Å²) < 4.78 is 83.0. The molecule has 0 radical (unpaired) electrons. The molecule has 0 fully saturated rings. The third-order valence-corrected chi connectivity index (χ3v) is 4.30. The molecular formula is C21H17ClF6N4O2. The van der Waals surface area contributed by atoms with Crippen LogP contribution in [0.3, 0.4) is 0 Å². The minimum Gasteiger partial charge on any atom is -1.00 e. The van der Waals surface area contributed by atoms with E-state index in [-0.39, 0.29) is 47.9 Å². The van der Waals surface area contributed by atoms with Crippen molar-refractivity contribution in [2.24, 2.45) is 0 Å². The van der Waals surface area contributed by atoms with Gasteiger partial charge in [-0.1, -0.05) is 18.2 Å². The maximum Gasteiger partial charge on any atom is 0.417 e. The number of anilines is 3. The predicted molar refractivity (Wildman–Crippen MR) is 107 cm³/mol. The van der Waals surface area contributed by atoms with Crippen LogP contribution in [0.25, 0.3) is 0 Å². The number of nitrogens with one attached hydrogen (secondary N) is 3. The Morgan fingerprint density at radius 1 is 0.912 bits per heavy atom. The zero-order chi connectivity index (χ0) is 24.2. The van der Waals surface area contributed by atoms with E-state index >= 15 is 0 Å². The van der Waals surface area contributed by atoms with E-state index in [0.717, 1.165) is 0 Å². The molecule has 0 saturated carbocycles. The summed E-state index contributed by atoms with van der Waals surface area (Å²) >= 11 is 0. The molecule has 5 N–H and O–H groups in total. The van der Waals surface area contributed by atoms with E-state index in [1.54, 1.807) is 30.3 Å². The number of H-pyrrole nitrogens is 1. The quantitative estimate of drug-likeness (QED) is 0.463. The van der Waals surface area contributed by atoms with Crippen LogP contribution in [0.1, 0.15) is 16.7 Å². The number of aromatic nitrogens is 1. The first-order chi connectivity index (χ1) is 15.4. The molecule has 0 atom stereocenters. The Bertz CT molecular complexity index is 1110. The molecular weight excluding hydrogens is 490 g/mol. The van der Waals surface area contributed by atoms with Crippen LogP contribution in [-0.2, 0) is 18.9 Å². The van der Waals surface area contributed by atoms with E-state index in [1.165, 1.54) is 12.1 Å². The molecule has 1 amide bonds. The number of carbonyl (C=O) groups is 1. The summed E-state index contributed by atoms with van der Waals surface area (Å²) in [5, 5.41) is 5.08. The molecule has 0 aliphatic carbocycles. The first kappa shape index (κ1) is 26.6. The van der Waals surface area contributed by atoms with Crippen LogP contribution in [0.2, 0.25) is 0 Å². The van der Waals surface area contributed by atoms with Gasteiger partial charge >= 0.3 is 18.4 Å². The number of benzene rings is 2. The number of carbonyl (C=O) groups excluding carboxylic acids is 1. The minimum atomic E-state index is -4.94. The summed E-state index contributed by atoms with van der Waals surface area (Å²) in [6, 6.07) is 12.3. The molecule has 182 valence electrons. The maximum atomic E-state index is 13.0. The molecule has 1 aromatic heterocycles. The summed E-state index contributed by atoms with van der Waals surface area (Å²) in [6.07, 6.45) is -10.7. The van der Waals surface area contributed by atoms with Crippen LogP contribution in [0.4, 0.5) is 48.5 Å². The number of nitrogen functional groups attached to an aromatic ring is 1. The number of amides is 1. The van der Waals surface area contributed by atoms with Crippen LogP contribution in [-0.4, -0.2) is 6.09 Å². The lowest BCUT2D eigenvalue weighted by Gasteiger charge is -2.14. The number of halogens is 7. The molecule has 3 aromatic rings. The first-order valence-electron chi connectivity index (χ1n) is 9.30. The Hall–Kier alpha value is -3.67. The van der Waals surface area contributed by atoms with Gasteiger partial charge in [0.1, 0.15) is 11.4 Å². The number of aromatic amines is 1. The van der Waals surface area contributed by atoms with E-state index in [4.69, 9.17) is 10.5 Å². The third-order valence-electron chi connectivity index (χ3n) is 4.30. The van der Waals surface area contributed by atoms with Crippen molar-refractivity contribution in [3.63, 3.8) is 0 Å². The topological polar surface area (TPSA) is 90.5 Å². The zero-order valence-electron chi connectivity index (χ0n) is 17.0. The second-order valence-electron chi connectivity index (χ2n) is 6.79. The molecule has 0 bridgehead atoms. The van der Waals surface area contributed by atoms with Crippen LogP contribution in [0.5, 0.6) is 5.75 Å². The Kier molecular flexibility index (Phi) is 8.22. The fourth-order valence-corrected chi connectivity index (χ4v) is 2.77. The highest BCUT2D eigenvalue weighted by molar-refractivity contribution is 5.88. The van der Waals surface area contributed by atoms with Crippen molar-refractivity contribution < 1.29 is 53.3 Å². The highest BCUT2D eigenvalue weighted by Gasteiger charge is 2.36. The SMILES string of the molecule is Nc1[nH+]c(NCc2cc(C(F)(F)F)cc(C(F)(F)F)c2)ccc1NC(=O)Oc1ccccc1.[Cl-]. The van der Waals surface area contributed by atoms with Crippen LogP contribution in [0.15, 0.2) is 60.7 Å². The monoisotopic (exact) mass is 506 g/mol. The molecule has 0 spiro atoms. The number of hydrogen-bond acceptors (Lipinski definition) is 4. The van der Waals surface area contributed by atoms with Gasteiger partial charge in [0.15, 0.2) is 0 Å². The smallest absolute Gasteiger partial charge is 0.417 e. The van der Waals surface area contributed by atoms with Crippen LogP contribution >= 0.6 is 0 Å². The number of rotatable bonds is 5. The normalized spacial score (nSPS) is 11.4. The van der Waals surface area contributed by atoms with Crippen LogP contribution in [0, 0.1) is 0 Å². The van der Waals surface area contributed by atoms with E-state index in [1.807, 2.05) is 0 Å². The lowest BCUT2D eigenvalue weighted by molar-refractivity contribution is -0.342. The van der Waals surface area contributed by atoms with Gasteiger partial charge in [0.25, 0.3) is 0 Å². The molecule has 1 heterocycles. The number of pyridine rings is 1. The number of ether oxygens (including phenoxy) is 1. The first-order valence-corrected chi connectivity index (χ1v) is 9.30. The second-order valence-corrected chi connectivity index (χ2v) is 6.79. The molecule has 13 heteroatoms. The fraction of sp³-hybridized carbons (Fsp3) is 0.143. The second kappa shape index (κ2) is 10.5. The largest absolute Gasteiger partial charge is 1.00 e. The number of para-hydroxylation sites is 1. The third kappa shape index (κ3) is 7.17. The van der Waals surface area contributed by atoms with Crippen molar-refractivity contribution in [3.05, 3.63) is 77.4 Å². The van der Waals surface area contributed by atoms with Gasteiger partial charge in [-0.25, -0.2) is 9.78 Å². The van der Waals surface area contributed by atoms with E-state index < -0.39 is 29.6 Å². The van der Waals surface area contributed by atoms with Crippen molar-refractivity contribution in [1.82, 2.24) is 0 Å². The summed E-state index contributed by atoms with van der Waals surface area (Å²) in [5.41, 5.74) is 2.93. The molecule has 0 aliphatic heterocycles. The molecule has 0 unspecified atom stereocenters. The predicted octanol–water partition coefficient (Wildman–Crippen LogP) is 2.35. The summed E-state index contributed by atoms with van der Waals surface area (Å²) in [7, 11) is 0. The van der Waals surface area contributed by atoms with Gasteiger partial charge in [-0.2, -0.15) is 26.3 Å². The van der Waals surface area contributed by atoms with E-state index in [0.29, 0.717) is 17.9 Å². The Balaban J connectivity index is 0.00000408. The van der Waals surface area contributed by atoms with Crippen molar-refractivity contribution in [3.8, 4) is 5.75 Å². The maximum absolute atomic E-state index is 13.0. The van der Waals surface area contributed by atoms with Crippen molar-refractivity contribution in [1.29, 1.82) is 0 Å². The summed E-state index contributed by atoms with van der Waals surface area (Å²) in [6.45, 7) is -0.355. The van der Waals surface area contributed by atoms with Gasteiger partial charge in [0.05, 0.1) is 17.7 Å². The lowest BCUT2D eigenvalue weighted by Crippen LogP contribution is -3.00. The average molecular weight is 507 g/mol. The highest BCUT2D eigenvalue weighted by atomic mass is 35.5.